The van der Waals surface area contributed by atoms with Crippen molar-refractivity contribution in [3.05, 3.63) is 45.6 Å². The second kappa shape index (κ2) is 5.44. The van der Waals surface area contributed by atoms with E-state index in [1.165, 1.54) is 4.88 Å². The Morgan fingerprint density at radius 1 is 1.43 bits per heavy atom. The van der Waals surface area contributed by atoms with Crippen molar-refractivity contribution < 1.29 is 0 Å². The highest BCUT2D eigenvalue weighted by Gasteiger charge is 2.15. The number of rotatable bonds is 4. The van der Waals surface area contributed by atoms with Crippen LogP contribution in [0.3, 0.4) is 0 Å². The molecule has 0 radical (unpaired) electrons. The molecule has 0 aliphatic rings. The molecule has 0 N–H and O–H groups in total. The minimum absolute atomic E-state index is 0.0231. The molecule has 0 aromatic carbocycles. The molecular formula is C15H18N4OS. The van der Waals surface area contributed by atoms with Crippen molar-refractivity contribution >= 4 is 21.6 Å². The van der Waals surface area contributed by atoms with Crippen LogP contribution < -0.4 is 5.56 Å². The van der Waals surface area contributed by atoms with Crippen LogP contribution >= 0.6 is 11.3 Å². The average molecular weight is 302 g/mol. The highest BCUT2D eigenvalue weighted by molar-refractivity contribution is 7.18. The summed E-state index contributed by atoms with van der Waals surface area (Å²) in [5, 5.41) is 4.89. The first-order valence-electron chi connectivity index (χ1n) is 7.08. The molecule has 6 heteroatoms. The largest absolute Gasteiger partial charge is 0.291 e. The first-order chi connectivity index (χ1) is 10.1. The van der Waals surface area contributed by atoms with E-state index in [-0.39, 0.29) is 11.6 Å². The molecule has 1 atom stereocenters. The molecule has 3 heterocycles. The molecule has 0 spiro atoms. The summed E-state index contributed by atoms with van der Waals surface area (Å²) in [5.74, 6) is 0. The minimum Gasteiger partial charge on any atom is -0.291 e. The van der Waals surface area contributed by atoms with Gasteiger partial charge in [-0.15, -0.1) is 11.3 Å². The molecule has 0 amide bonds. The van der Waals surface area contributed by atoms with Crippen LogP contribution in [0.5, 0.6) is 0 Å². The number of nitrogens with zero attached hydrogens (tertiary/aromatic N) is 4. The smallest absolute Gasteiger partial charge is 0.262 e. The van der Waals surface area contributed by atoms with Crippen LogP contribution in [0.15, 0.2) is 29.6 Å². The van der Waals surface area contributed by atoms with Crippen molar-refractivity contribution in [1.29, 1.82) is 0 Å². The molecular weight excluding hydrogens is 284 g/mol. The van der Waals surface area contributed by atoms with Crippen LogP contribution in [-0.4, -0.2) is 19.3 Å². The molecule has 0 fully saturated rings. The summed E-state index contributed by atoms with van der Waals surface area (Å²) in [7, 11) is 1.87. The molecule has 5 nitrogen and oxygen atoms in total. The SMILES string of the molecule is CCCc1cc2c(=O)n(C(C)c3cnn(C)c3)cnc2s1. The van der Waals surface area contributed by atoms with E-state index in [4.69, 9.17) is 0 Å². The molecule has 0 saturated carbocycles. The number of hydrogen-bond acceptors (Lipinski definition) is 4. The molecule has 3 aromatic rings. The molecule has 0 aliphatic heterocycles. The Morgan fingerprint density at radius 3 is 2.90 bits per heavy atom. The van der Waals surface area contributed by atoms with Crippen LogP contribution in [-0.2, 0) is 13.5 Å². The third kappa shape index (κ3) is 2.51. The molecule has 21 heavy (non-hydrogen) atoms. The van der Waals surface area contributed by atoms with Crippen molar-refractivity contribution in [3.63, 3.8) is 0 Å². The summed E-state index contributed by atoms with van der Waals surface area (Å²) in [4.78, 5) is 19.2. The maximum absolute atomic E-state index is 12.7. The van der Waals surface area contributed by atoms with E-state index >= 15 is 0 Å². The van der Waals surface area contributed by atoms with E-state index < -0.39 is 0 Å². The van der Waals surface area contributed by atoms with E-state index in [9.17, 15) is 4.79 Å². The van der Waals surface area contributed by atoms with E-state index in [1.807, 2.05) is 26.2 Å². The third-order valence-corrected chi connectivity index (χ3v) is 4.75. The lowest BCUT2D eigenvalue weighted by Crippen LogP contribution is -2.23. The lowest BCUT2D eigenvalue weighted by atomic mass is 10.2. The summed E-state index contributed by atoms with van der Waals surface area (Å²) in [6.07, 6.45) is 7.44. The number of hydrogen-bond donors (Lipinski definition) is 0. The number of fused-ring (bicyclic) bond motifs is 1. The zero-order valence-electron chi connectivity index (χ0n) is 12.4. The quantitative estimate of drug-likeness (QED) is 0.744. The lowest BCUT2D eigenvalue weighted by Gasteiger charge is -2.12. The molecule has 0 bridgehead atoms. The van der Waals surface area contributed by atoms with Gasteiger partial charge >= 0.3 is 0 Å². The van der Waals surface area contributed by atoms with Crippen molar-refractivity contribution in [2.24, 2.45) is 7.05 Å². The fourth-order valence-electron chi connectivity index (χ4n) is 2.45. The van der Waals surface area contributed by atoms with Crippen LogP contribution in [0.1, 0.15) is 36.8 Å². The first kappa shape index (κ1) is 14.0. The summed E-state index contributed by atoms with van der Waals surface area (Å²) in [6.45, 7) is 4.13. The van der Waals surface area contributed by atoms with Gasteiger partial charge in [-0.2, -0.15) is 5.10 Å². The van der Waals surface area contributed by atoms with Crippen molar-refractivity contribution in [3.8, 4) is 0 Å². The molecule has 3 rings (SSSR count). The predicted octanol–water partition coefficient (Wildman–Crippen LogP) is 2.75. The van der Waals surface area contributed by atoms with Gasteiger partial charge in [-0.3, -0.25) is 14.0 Å². The van der Waals surface area contributed by atoms with Gasteiger partial charge in [0.15, 0.2) is 0 Å². The van der Waals surface area contributed by atoms with Gasteiger partial charge in [-0.25, -0.2) is 4.98 Å². The Labute approximate surface area is 126 Å². The molecule has 3 aromatic heterocycles. The van der Waals surface area contributed by atoms with Crippen LogP contribution in [0.25, 0.3) is 10.2 Å². The summed E-state index contributed by atoms with van der Waals surface area (Å²) < 4.78 is 3.43. The minimum atomic E-state index is -0.0716. The Hall–Kier alpha value is -1.95. The maximum Gasteiger partial charge on any atom is 0.262 e. The third-order valence-electron chi connectivity index (χ3n) is 3.65. The number of thiophene rings is 1. The fourth-order valence-corrected chi connectivity index (χ4v) is 3.54. The summed E-state index contributed by atoms with van der Waals surface area (Å²) in [6, 6.07) is 1.92. The second-order valence-corrected chi connectivity index (χ2v) is 6.38. The van der Waals surface area contributed by atoms with Crippen LogP contribution in [0, 0.1) is 0 Å². The zero-order valence-corrected chi connectivity index (χ0v) is 13.2. The summed E-state index contributed by atoms with van der Waals surface area (Å²) >= 11 is 1.62. The van der Waals surface area contributed by atoms with E-state index in [2.05, 4.69) is 17.0 Å². The standard InChI is InChI=1S/C15H18N4OS/c1-4-5-12-6-13-14(21-12)16-9-19(15(13)20)10(2)11-7-17-18(3)8-11/h6-10H,4-5H2,1-3H3. The van der Waals surface area contributed by atoms with E-state index in [0.717, 1.165) is 28.6 Å². The molecule has 1 unspecified atom stereocenters. The fraction of sp³-hybridized carbons (Fsp3) is 0.400. The highest BCUT2D eigenvalue weighted by Crippen LogP contribution is 2.23. The Balaban J connectivity index is 2.07. The van der Waals surface area contributed by atoms with E-state index in [0.29, 0.717) is 0 Å². The van der Waals surface area contributed by atoms with Gasteiger partial charge in [0.1, 0.15) is 4.83 Å². The normalized spacial score (nSPS) is 12.9. The van der Waals surface area contributed by atoms with Gasteiger partial charge < -0.3 is 0 Å². The molecule has 110 valence electrons. The highest BCUT2D eigenvalue weighted by atomic mass is 32.1. The van der Waals surface area contributed by atoms with Gasteiger partial charge in [0, 0.05) is 23.7 Å². The summed E-state index contributed by atoms with van der Waals surface area (Å²) in [5.41, 5.74) is 1.03. The monoisotopic (exact) mass is 302 g/mol. The number of aryl methyl sites for hydroxylation is 2. The van der Waals surface area contributed by atoms with Gasteiger partial charge in [0.2, 0.25) is 0 Å². The Bertz CT molecular complexity index is 830. The molecule has 0 saturated heterocycles. The van der Waals surface area contributed by atoms with Crippen molar-refractivity contribution in [2.45, 2.75) is 32.7 Å². The Morgan fingerprint density at radius 2 is 2.24 bits per heavy atom. The van der Waals surface area contributed by atoms with Gasteiger partial charge in [-0.05, 0) is 19.4 Å². The van der Waals surface area contributed by atoms with Gasteiger partial charge in [-0.1, -0.05) is 13.3 Å². The van der Waals surface area contributed by atoms with Crippen molar-refractivity contribution in [2.75, 3.05) is 0 Å². The average Bonchev–Trinajstić information content (AvgIpc) is 3.05. The van der Waals surface area contributed by atoms with Gasteiger partial charge in [0.05, 0.1) is 24.0 Å². The van der Waals surface area contributed by atoms with Crippen molar-refractivity contribution in [1.82, 2.24) is 19.3 Å². The first-order valence-corrected chi connectivity index (χ1v) is 7.90. The molecule has 0 aliphatic carbocycles. The zero-order chi connectivity index (χ0) is 15.0. The van der Waals surface area contributed by atoms with E-state index in [1.54, 1.807) is 33.1 Å². The van der Waals surface area contributed by atoms with Gasteiger partial charge in [0.25, 0.3) is 5.56 Å². The van der Waals surface area contributed by atoms with Crippen LogP contribution in [0.4, 0.5) is 0 Å². The number of aromatic nitrogens is 4. The Kier molecular flexibility index (Phi) is 3.63. The lowest BCUT2D eigenvalue weighted by molar-refractivity contribution is 0.608. The van der Waals surface area contributed by atoms with Crippen LogP contribution in [0.2, 0.25) is 0 Å². The topological polar surface area (TPSA) is 52.7 Å². The maximum atomic E-state index is 12.7. The second-order valence-electron chi connectivity index (χ2n) is 5.26. The predicted molar refractivity (Wildman–Crippen MR) is 84.9 cm³/mol.